The van der Waals surface area contributed by atoms with Gasteiger partial charge in [0.1, 0.15) is 5.60 Å². The van der Waals surface area contributed by atoms with Gasteiger partial charge in [-0.05, 0) is 32.4 Å². The Morgan fingerprint density at radius 3 is 2.53 bits per heavy atom. The molecule has 1 rings (SSSR count). The molecular formula is C14H17ClO4. The van der Waals surface area contributed by atoms with Gasteiger partial charge >= 0.3 is 11.9 Å². The van der Waals surface area contributed by atoms with Crippen LogP contribution in [0.5, 0.6) is 0 Å². The summed E-state index contributed by atoms with van der Waals surface area (Å²) in [7, 11) is 0. The summed E-state index contributed by atoms with van der Waals surface area (Å²) < 4.78 is 5.35. The lowest BCUT2D eigenvalue weighted by Crippen LogP contribution is -2.28. The number of carboxylic acid groups (broad SMARTS) is 1. The largest absolute Gasteiger partial charge is 0.478 e. The molecule has 0 bridgehead atoms. The predicted octanol–water partition coefficient (Wildman–Crippen LogP) is 3.77. The van der Waals surface area contributed by atoms with E-state index in [9.17, 15) is 9.59 Å². The van der Waals surface area contributed by atoms with E-state index in [4.69, 9.17) is 21.4 Å². The quantitative estimate of drug-likeness (QED) is 0.836. The molecule has 1 aromatic carbocycles. The SMILES string of the molecule is CCCC(C)(C)OC(=O)c1cccc(Cl)c1C(=O)O. The Bertz CT molecular complexity index is 494. The fourth-order valence-corrected chi connectivity index (χ4v) is 2.13. The zero-order valence-electron chi connectivity index (χ0n) is 11.2. The summed E-state index contributed by atoms with van der Waals surface area (Å²) in [5.74, 6) is -1.91. The van der Waals surface area contributed by atoms with Crippen molar-refractivity contribution in [1.29, 1.82) is 0 Å². The minimum absolute atomic E-state index is 0.0234. The smallest absolute Gasteiger partial charge is 0.339 e. The fraction of sp³-hybridized carbons (Fsp3) is 0.429. The number of ether oxygens (including phenoxy) is 1. The summed E-state index contributed by atoms with van der Waals surface area (Å²) in [6.45, 7) is 5.57. The first-order valence-electron chi connectivity index (χ1n) is 6.03. The number of carboxylic acids is 1. The molecule has 0 aliphatic heterocycles. The summed E-state index contributed by atoms with van der Waals surface area (Å²) in [5.41, 5.74) is -0.880. The van der Waals surface area contributed by atoms with Crippen LogP contribution in [0.15, 0.2) is 18.2 Å². The van der Waals surface area contributed by atoms with Crippen molar-refractivity contribution in [1.82, 2.24) is 0 Å². The number of hydrogen-bond acceptors (Lipinski definition) is 3. The summed E-state index contributed by atoms with van der Waals surface area (Å²) in [6, 6.07) is 4.36. The minimum Gasteiger partial charge on any atom is -0.478 e. The molecule has 0 unspecified atom stereocenters. The fourth-order valence-electron chi connectivity index (χ4n) is 1.87. The first-order valence-corrected chi connectivity index (χ1v) is 6.41. The Balaban J connectivity index is 3.07. The number of hydrogen-bond donors (Lipinski definition) is 1. The summed E-state index contributed by atoms with van der Waals surface area (Å²) in [6.07, 6.45) is 1.56. The van der Waals surface area contributed by atoms with Crippen LogP contribution < -0.4 is 0 Å². The number of carbonyl (C=O) groups is 2. The van der Waals surface area contributed by atoms with Crippen molar-refractivity contribution in [3.05, 3.63) is 34.3 Å². The molecule has 0 amide bonds. The van der Waals surface area contributed by atoms with Gasteiger partial charge in [-0.25, -0.2) is 9.59 Å². The molecule has 4 nitrogen and oxygen atoms in total. The minimum atomic E-state index is -1.24. The van der Waals surface area contributed by atoms with Gasteiger partial charge in [0.05, 0.1) is 16.1 Å². The molecule has 1 aromatic rings. The Morgan fingerprint density at radius 2 is 2.00 bits per heavy atom. The van der Waals surface area contributed by atoms with Crippen LogP contribution in [0, 0.1) is 0 Å². The van der Waals surface area contributed by atoms with E-state index in [1.54, 1.807) is 13.8 Å². The highest BCUT2D eigenvalue weighted by Crippen LogP contribution is 2.24. The van der Waals surface area contributed by atoms with E-state index in [0.717, 1.165) is 6.42 Å². The molecule has 0 aliphatic rings. The maximum atomic E-state index is 12.1. The summed E-state index contributed by atoms with van der Waals surface area (Å²) in [5, 5.41) is 9.13. The van der Waals surface area contributed by atoms with E-state index in [1.807, 2.05) is 6.92 Å². The number of carbonyl (C=O) groups excluding carboxylic acids is 1. The third-order valence-corrected chi connectivity index (χ3v) is 2.98. The Hall–Kier alpha value is -1.55. The molecule has 0 aliphatic carbocycles. The lowest BCUT2D eigenvalue weighted by Gasteiger charge is -2.25. The number of rotatable bonds is 5. The van der Waals surface area contributed by atoms with E-state index < -0.39 is 17.5 Å². The van der Waals surface area contributed by atoms with Gasteiger partial charge in [0.2, 0.25) is 0 Å². The van der Waals surface area contributed by atoms with Gasteiger partial charge in [0.25, 0.3) is 0 Å². The second kappa shape index (κ2) is 6.06. The average Bonchev–Trinajstić information content (AvgIpc) is 2.27. The van der Waals surface area contributed by atoms with E-state index in [1.165, 1.54) is 18.2 Å². The van der Waals surface area contributed by atoms with Crippen LogP contribution in [0.25, 0.3) is 0 Å². The van der Waals surface area contributed by atoms with Gasteiger partial charge in [-0.3, -0.25) is 0 Å². The molecule has 0 atom stereocenters. The van der Waals surface area contributed by atoms with Crippen LogP contribution in [0.1, 0.15) is 54.3 Å². The zero-order chi connectivity index (χ0) is 14.6. The third kappa shape index (κ3) is 3.96. The van der Waals surface area contributed by atoms with Crippen molar-refractivity contribution in [2.24, 2.45) is 0 Å². The summed E-state index contributed by atoms with van der Waals surface area (Å²) >= 11 is 5.81. The Morgan fingerprint density at radius 1 is 1.37 bits per heavy atom. The topological polar surface area (TPSA) is 63.6 Å². The highest BCUT2D eigenvalue weighted by molar-refractivity contribution is 6.34. The van der Waals surface area contributed by atoms with Gasteiger partial charge in [0, 0.05) is 0 Å². The van der Waals surface area contributed by atoms with E-state index in [2.05, 4.69) is 0 Å². The molecule has 104 valence electrons. The van der Waals surface area contributed by atoms with Gasteiger partial charge in [-0.2, -0.15) is 0 Å². The molecule has 0 radical (unpaired) electrons. The number of benzene rings is 1. The lowest BCUT2D eigenvalue weighted by atomic mass is 10.0. The van der Waals surface area contributed by atoms with E-state index in [-0.39, 0.29) is 16.1 Å². The monoisotopic (exact) mass is 284 g/mol. The average molecular weight is 285 g/mol. The van der Waals surface area contributed by atoms with Crippen LogP contribution in [-0.4, -0.2) is 22.6 Å². The van der Waals surface area contributed by atoms with Crippen molar-refractivity contribution in [2.75, 3.05) is 0 Å². The zero-order valence-corrected chi connectivity index (χ0v) is 12.0. The maximum absolute atomic E-state index is 12.1. The third-order valence-electron chi connectivity index (χ3n) is 2.67. The molecule has 0 aromatic heterocycles. The van der Waals surface area contributed by atoms with Crippen molar-refractivity contribution < 1.29 is 19.4 Å². The van der Waals surface area contributed by atoms with Gasteiger partial charge in [0.15, 0.2) is 0 Å². The highest BCUT2D eigenvalue weighted by Gasteiger charge is 2.26. The van der Waals surface area contributed by atoms with Crippen LogP contribution in [-0.2, 0) is 4.74 Å². The van der Waals surface area contributed by atoms with E-state index in [0.29, 0.717) is 6.42 Å². The van der Waals surface area contributed by atoms with Gasteiger partial charge in [-0.15, -0.1) is 0 Å². The first-order chi connectivity index (χ1) is 8.78. The van der Waals surface area contributed by atoms with E-state index >= 15 is 0 Å². The highest BCUT2D eigenvalue weighted by atomic mass is 35.5. The second-order valence-corrected chi connectivity index (χ2v) is 5.27. The Kier molecular flexibility index (Phi) is 4.95. The van der Waals surface area contributed by atoms with Crippen molar-refractivity contribution in [3.8, 4) is 0 Å². The molecule has 19 heavy (non-hydrogen) atoms. The standard InChI is InChI=1S/C14H17ClO4/c1-4-8-14(2,3)19-13(18)9-6-5-7-10(15)11(9)12(16)17/h5-7H,4,8H2,1-3H3,(H,16,17). The number of aromatic carboxylic acids is 1. The van der Waals surface area contributed by atoms with Crippen LogP contribution >= 0.6 is 11.6 Å². The molecule has 0 fully saturated rings. The number of halogens is 1. The molecule has 0 saturated carbocycles. The number of esters is 1. The molecule has 5 heteroatoms. The molecule has 0 saturated heterocycles. The van der Waals surface area contributed by atoms with Crippen LogP contribution in [0.3, 0.4) is 0 Å². The van der Waals surface area contributed by atoms with Crippen molar-refractivity contribution >= 4 is 23.5 Å². The van der Waals surface area contributed by atoms with Gasteiger partial charge < -0.3 is 9.84 Å². The Labute approximate surface area is 117 Å². The molecule has 1 N–H and O–H groups in total. The first kappa shape index (κ1) is 15.5. The van der Waals surface area contributed by atoms with Gasteiger partial charge in [-0.1, -0.05) is 31.0 Å². The van der Waals surface area contributed by atoms with Crippen LogP contribution in [0.4, 0.5) is 0 Å². The van der Waals surface area contributed by atoms with Crippen molar-refractivity contribution in [3.63, 3.8) is 0 Å². The second-order valence-electron chi connectivity index (χ2n) is 4.87. The van der Waals surface area contributed by atoms with Crippen molar-refractivity contribution in [2.45, 2.75) is 39.2 Å². The summed E-state index contributed by atoms with van der Waals surface area (Å²) in [4.78, 5) is 23.2. The predicted molar refractivity (Wildman–Crippen MR) is 72.8 cm³/mol. The normalized spacial score (nSPS) is 11.2. The molecular weight excluding hydrogens is 268 g/mol. The molecule has 0 spiro atoms. The maximum Gasteiger partial charge on any atom is 0.339 e. The molecule has 0 heterocycles. The van der Waals surface area contributed by atoms with Crippen LogP contribution in [0.2, 0.25) is 5.02 Å². The lowest BCUT2D eigenvalue weighted by molar-refractivity contribution is -0.00501.